The lowest BCUT2D eigenvalue weighted by atomic mass is 10.1. The van der Waals surface area contributed by atoms with Gasteiger partial charge in [0.25, 0.3) is 11.1 Å². The van der Waals surface area contributed by atoms with Crippen LogP contribution in [0, 0.1) is 0 Å². The number of rotatable bonds is 1. The first-order valence-electron chi connectivity index (χ1n) is 5.17. The lowest BCUT2D eigenvalue weighted by Crippen LogP contribution is -2.17. The molecule has 0 atom stereocenters. The first-order valence-corrected chi connectivity index (χ1v) is 5.98. The number of thioether (sulfide) groups is 1. The first kappa shape index (κ1) is 10.6. The highest BCUT2D eigenvalue weighted by Crippen LogP contribution is 2.27. The van der Waals surface area contributed by atoms with Gasteiger partial charge in [0.1, 0.15) is 0 Å². The van der Waals surface area contributed by atoms with Crippen molar-refractivity contribution in [3.63, 3.8) is 0 Å². The Kier molecular flexibility index (Phi) is 2.49. The van der Waals surface area contributed by atoms with E-state index in [2.05, 4.69) is 5.32 Å². The van der Waals surface area contributed by atoms with Crippen molar-refractivity contribution in [3.8, 4) is 0 Å². The van der Waals surface area contributed by atoms with E-state index in [9.17, 15) is 9.59 Å². The summed E-state index contributed by atoms with van der Waals surface area (Å²) in [5.74, 6) is -0.322. The Labute approximate surface area is 102 Å². The molecule has 0 radical (unpaired) electrons. The van der Waals surface area contributed by atoms with Gasteiger partial charge in [-0.15, -0.1) is 0 Å². The van der Waals surface area contributed by atoms with Crippen molar-refractivity contribution < 1.29 is 14.3 Å². The van der Waals surface area contributed by atoms with Gasteiger partial charge in [-0.25, -0.2) is 0 Å². The lowest BCUT2D eigenvalue weighted by molar-refractivity contribution is -0.115. The second kappa shape index (κ2) is 4.01. The summed E-state index contributed by atoms with van der Waals surface area (Å²) in [7, 11) is 0. The van der Waals surface area contributed by atoms with Crippen molar-refractivity contribution in [2.45, 2.75) is 13.2 Å². The maximum Gasteiger partial charge on any atom is 0.290 e. The molecule has 1 aromatic carbocycles. The molecule has 1 saturated heterocycles. The molecule has 86 valence electrons. The van der Waals surface area contributed by atoms with Crippen LogP contribution in [0.2, 0.25) is 0 Å². The van der Waals surface area contributed by atoms with Crippen LogP contribution in [0.25, 0.3) is 6.08 Å². The van der Waals surface area contributed by atoms with Crippen molar-refractivity contribution in [3.05, 3.63) is 39.8 Å². The van der Waals surface area contributed by atoms with Crippen molar-refractivity contribution in [1.82, 2.24) is 5.32 Å². The number of amides is 2. The molecule has 0 aromatic heterocycles. The number of imide groups is 1. The van der Waals surface area contributed by atoms with Crippen molar-refractivity contribution in [2.75, 3.05) is 0 Å². The van der Waals surface area contributed by atoms with E-state index in [-0.39, 0.29) is 11.1 Å². The zero-order valence-corrected chi connectivity index (χ0v) is 9.67. The molecule has 1 N–H and O–H groups in total. The summed E-state index contributed by atoms with van der Waals surface area (Å²) in [6.07, 6.45) is 1.73. The third-order valence-electron chi connectivity index (χ3n) is 2.69. The van der Waals surface area contributed by atoms with E-state index in [1.165, 1.54) is 5.56 Å². The topological polar surface area (TPSA) is 55.4 Å². The molecular formula is C12H9NO3S. The Morgan fingerprint density at radius 1 is 1.24 bits per heavy atom. The van der Waals surface area contributed by atoms with Crippen LogP contribution in [0.4, 0.5) is 4.79 Å². The Morgan fingerprint density at radius 2 is 2.06 bits per heavy atom. The summed E-state index contributed by atoms with van der Waals surface area (Å²) in [4.78, 5) is 22.8. The van der Waals surface area contributed by atoms with Crippen LogP contribution in [0.5, 0.6) is 0 Å². The predicted octanol–water partition coefficient (Wildman–Crippen LogP) is 2.04. The number of carbonyl (C=O) groups excluding carboxylic acids is 2. The number of hydrogen-bond acceptors (Lipinski definition) is 4. The van der Waals surface area contributed by atoms with E-state index in [0.717, 1.165) is 22.9 Å². The van der Waals surface area contributed by atoms with Crippen LogP contribution < -0.4 is 5.32 Å². The van der Waals surface area contributed by atoms with Gasteiger partial charge in [0.15, 0.2) is 0 Å². The average Bonchev–Trinajstić information content (AvgIpc) is 2.85. The largest absolute Gasteiger partial charge is 0.372 e. The molecule has 0 spiro atoms. The molecular weight excluding hydrogens is 238 g/mol. The van der Waals surface area contributed by atoms with Gasteiger partial charge >= 0.3 is 0 Å². The number of carbonyl (C=O) groups is 2. The molecule has 2 heterocycles. The Bertz CT molecular complexity index is 551. The number of nitrogens with one attached hydrogen (secondary N) is 1. The Hall–Kier alpha value is -1.59. The predicted molar refractivity (Wildman–Crippen MR) is 64.0 cm³/mol. The minimum atomic E-state index is -0.322. The normalized spacial score (nSPS) is 20.8. The smallest absolute Gasteiger partial charge is 0.290 e. The minimum Gasteiger partial charge on any atom is -0.372 e. The van der Waals surface area contributed by atoms with Gasteiger partial charge in [-0.05, 0) is 40.6 Å². The van der Waals surface area contributed by atoms with Gasteiger partial charge in [-0.3, -0.25) is 14.9 Å². The third kappa shape index (κ3) is 1.99. The van der Waals surface area contributed by atoms with Crippen LogP contribution in [-0.4, -0.2) is 11.1 Å². The highest BCUT2D eigenvalue weighted by atomic mass is 32.2. The molecule has 1 fully saturated rings. The maximum absolute atomic E-state index is 11.4. The molecule has 4 nitrogen and oxygen atoms in total. The fourth-order valence-electron chi connectivity index (χ4n) is 1.85. The molecule has 17 heavy (non-hydrogen) atoms. The molecule has 5 heteroatoms. The zero-order chi connectivity index (χ0) is 11.8. The van der Waals surface area contributed by atoms with E-state index in [1.54, 1.807) is 6.08 Å². The molecule has 2 aliphatic rings. The van der Waals surface area contributed by atoms with Crippen LogP contribution in [0.3, 0.4) is 0 Å². The van der Waals surface area contributed by atoms with Gasteiger partial charge < -0.3 is 4.74 Å². The summed E-state index contributed by atoms with van der Waals surface area (Å²) >= 11 is 0.932. The summed E-state index contributed by atoms with van der Waals surface area (Å²) in [6.45, 7) is 1.27. The summed E-state index contributed by atoms with van der Waals surface area (Å²) < 4.78 is 5.32. The number of benzene rings is 1. The monoisotopic (exact) mass is 247 g/mol. The fraction of sp³-hybridized carbons (Fsp3) is 0.167. The molecule has 0 unspecified atom stereocenters. The fourth-order valence-corrected chi connectivity index (χ4v) is 2.54. The van der Waals surface area contributed by atoms with E-state index in [0.29, 0.717) is 18.1 Å². The third-order valence-corrected chi connectivity index (χ3v) is 3.50. The van der Waals surface area contributed by atoms with Crippen LogP contribution in [-0.2, 0) is 22.7 Å². The minimum absolute atomic E-state index is 0.314. The lowest BCUT2D eigenvalue weighted by Gasteiger charge is -1.99. The molecule has 0 saturated carbocycles. The van der Waals surface area contributed by atoms with E-state index >= 15 is 0 Å². The number of ether oxygens (including phenoxy) is 1. The molecule has 1 aromatic rings. The number of hydrogen-bond donors (Lipinski definition) is 1. The first-order chi connectivity index (χ1) is 8.22. The van der Waals surface area contributed by atoms with Crippen molar-refractivity contribution in [2.24, 2.45) is 0 Å². The van der Waals surface area contributed by atoms with E-state index in [4.69, 9.17) is 4.74 Å². The van der Waals surface area contributed by atoms with Crippen molar-refractivity contribution in [1.29, 1.82) is 0 Å². The molecule has 2 amide bonds. The molecule has 2 aliphatic heterocycles. The van der Waals surface area contributed by atoms with Crippen LogP contribution >= 0.6 is 11.8 Å². The molecule has 0 aliphatic carbocycles. The van der Waals surface area contributed by atoms with Gasteiger partial charge in [0, 0.05) is 0 Å². The Balaban J connectivity index is 1.93. The van der Waals surface area contributed by atoms with Crippen molar-refractivity contribution >= 4 is 29.0 Å². The SMILES string of the molecule is O=C1NC(=O)/C(=C\c2ccc3c(c2)COC3)S1. The Morgan fingerprint density at radius 3 is 2.82 bits per heavy atom. The number of fused-ring (bicyclic) bond motifs is 1. The standard InChI is InChI=1S/C12H9NO3S/c14-11-10(17-12(15)13-11)4-7-1-2-8-5-16-6-9(8)3-7/h1-4H,5-6H2,(H,13,14,15)/b10-4+. The summed E-state index contributed by atoms with van der Waals surface area (Å²) in [5.41, 5.74) is 3.25. The maximum atomic E-state index is 11.4. The van der Waals surface area contributed by atoms with Gasteiger partial charge in [-0.1, -0.05) is 12.1 Å². The highest BCUT2D eigenvalue weighted by molar-refractivity contribution is 8.18. The van der Waals surface area contributed by atoms with Gasteiger partial charge in [0.2, 0.25) is 0 Å². The van der Waals surface area contributed by atoms with Crippen LogP contribution in [0.15, 0.2) is 23.1 Å². The quantitative estimate of drug-likeness (QED) is 0.771. The van der Waals surface area contributed by atoms with Gasteiger partial charge in [-0.2, -0.15) is 0 Å². The van der Waals surface area contributed by atoms with E-state index < -0.39 is 0 Å². The summed E-state index contributed by atoms with van der Waals surface area (Å²) in [6, 6.07) is 5.91. The average molecular weight is 247 g/mol. The van der Waals surface area contributed by atoms with Crippen LogP contribution in [0.1, 0.15) is 16.7 Å². The molecule has 3 rings (SSSR count). The molecule has 0 bridgehead atoms. The zero-order valence-electron chi connectivity index (χ0n) is 8.86. The summed E-state index contributed by atoms with van der Waals surface area (Å²) in [5, 5.41) is 1.92. The second-order valence-corrected chi connectivity index (χ2v) is 4.89. The highest BCUT2D eigenvalue weighted by Gasteiger charge is 2.25. The van der Waals surface area contributed by atoms with E-state index in [1.807, 2.05) is 18.2 Å². The van der Waals surface area contributed by atoms with Gasteiger partial charge in [0.05, 0.1) is 18.1 Å². The second-order valence-electron chi connectivity index (χ2n) is 3.87.